The second-order valence-corrected chi connectivity index (χ2v) is 3.29. The topological polar surface area (TPSA) is 66.2 Å². The first-order chi connectivity index (χ1) is 4.13. The van der Waals surface area contributed by atoms with Crippen molar-refractivity contribution in [3.8, 4) is 0 Å². The van der Waals surface area contributed by atoms with Crippen LogP contribution in [0.15, 0.2) is 0 Å². The molecular weight excluding hydrogens is 137 g/mol. The minimum Gasteiger partial charge on any atom is -0.596 e. The quantitative estimate of drug-likeness (QED) is 0.581. The highest BCUT2D eigenvalue weighted by molar-refractivity contribution is 7.36. The lowest BCUT2D eigenvalue weighted by Crippen LogP contribution is -2.14. The molecule has 2 atom stereocenters. The summed E-state index contributed by atoms with van der Waals surface area (Å²) in [5.41, 5.74) is 5.38. The van der Waals surface area contributed by atoms with E-state index in [1.54, 1.807) is 0 Å². The van der Waals surface area contributed by atoms with E-state index < -0.39 is 8.03 Å². The van der Waals surface area contributed by atoms with Crippen LogP contribution in [-0.2, 0) is 4.57 Å². The molecule has 0 aliphatic rings. The van der Waals surface area contributed by atoms with Gasteiger partial charge in [0.05, 0.1) is 0 Å². The molecule has 0 aromatic carbocycles. The van der Waals surface area contributed by atoms with Crippen LogP contribution in [0.2, 0.25) is 0 Å². The lowest BCUT2D eigenvalue weighted by atomic mass is 10.2. The van der Waals surface area contributed by atoms with Gasteiger partial charge in [-0.05, 0) is 19.8 Å². The van der Waals surface area contributed by atoms with Crippen LogP contribution in [0.1, 0.15) is 19.8 Å². The molecule has 0 aromatic heterocycles. The van der Waals surface area contributed by atoms with Gasteiger partial charge in [-0.25, -0.2) is 0 Å². The van der Waals surface area contributed by atoms with Crippen molar-refractivity contribution in [2.24, 2.45) is 5.73 Å². The van der Waals surface area contributed by atoms with Gasteiger partial charge in [0, 0.05) is 6.04 Å². The maximum absolute atomic E-state index is 9.98. The van der Waals surface area contributed by atoms with E-state index in [1.807, 2.05) is 6.92 Å². The predicted octanol–water partition coefficient (Wildman–Crippen LogP) is 0.216. The smallest absolute Gasteiger partial charge is 0.308 e. The second-order valence-electron chi connectivity index (χ2n) is 2.18. The van der Waals surface area contributed by atoms with Gasteiger partial charge in [-0.15, -0.1) is 0 Å². The SMILES string of the molecule is C[C@@H](N)CCC[P+](=O)[O-]. The van der Waals surface area contributed by atoms with Crippen molar-refractivity contribution in [1.82, 2.24) is 0 Å². The summed E-state index contributed by atoms with van der Waals surface area (Å²) in [6.07, 6.45) is 1.76. The molecule has 0 aliphatic carbocycles. The fourth-order valence-electron chi connectivity index (χ4n) is 0.542. The Labute approximate surface area is 56.1 Å². The van der Waals surface area contributed by atoms with E-state index in [0.717, 1.165) is 6.42 Å². The average Bonchev–Trinajstić information content (AvgIpc) is 1.63. The second kappa shape index (κ2) is 4.86. The van der Waals surface area contributed by atoms with Crippen molar-refractivity contribution in [3.63, 3.8) is 0 Å². The maximum atomic E-state index is 9.98. The normalized spacial score (nSPS) is 15.2. The zero-order valence-corrected chi connectivity index (χ0v) is 6.43. The first-order valence-corrected chi connectivity index (χ1v) is 4.36. The van der Waals surface area contributed by atoms with Crippen LogP contribution < -0.4 is 10.6 Å². The van der Waals surface area contributed by atoms with Gasteiger partial charge in [0.25, 0.3) is 0 Å². The molecule has 0 saturated carbocycles. The minimum atomic E-state index is -2.19. The molecule has 3 nitrogen and oxygen atoms in total. The van der Waals surface area contributed by atoms with Gasteiger partial charge in [0.15, 0.2) is 0 Å². The zero-order chi connectivity index (χ0) is 7.28. The molecule has 0 aromatic rings. The van der Waals surface area contributed by atoms with Crippen LogP contribution >= 0.6 is 8.03 Å². The molecule has 2 N–H and O–H groups in total. The van der Waals surface area contributed by atoms with Gasteiger partial charge in [0.2, 0.25) is 0 Å². The molecule has 4 heteroatoms. The first kappa shape index (κ1) is 9.02. The van der Waals surface area contributed by atoms with Crippen LogP contribution in [0.3, 0.4) is 0 Å². The Hall–Kier alpha value is 0.0200. The van der Waals surface area contributed by atoms with Crippen molar-refractivity contribution in [1.29, 1.82) is 0 Å². The summed E-state index contributed by atoms with van der Waals surface area (Å²) in [7, 11) is -2.19. The predicted molar refractivity (Wildman–Crippen MR) is 35.4 cm³/mol. The van der Waals surface area contributed by atoms with E-state index in [9.17, 15) is 9.46 Å². The minimum absolute atomic E-state index is 0.125. The van der Waals surface area contributed by atoms with E-state index in [4.69, 9.17) is 5.73 Å². The summed E-state index contributed by atoms with van der Waals surface area (Å²) in [5, 5.41) is 0. The molecule has 0 spiro atoms. The Morgan fingerprint density at radius 2 is 2.33 bits per heavy atom. The van der Waals surface area contributed by atoms with Crippen molar-refractivity contribution >= 4 is 8.03 Å². The molecule has 1 unspecified atom stereocenters. The lowest BCUT2D eigenvalue weighted by Gasteiger charge is -1.99. The summed E-state index contributed by atoms with van der Waals surface area (Å²) in [5.74, 6) is 0. The summed E-state index contributed by atoms with van der Waals surface area (Å²) in [6, 6.07) is 0.125. The Balaban J connectivity index is 3.01. The lowest BCUT2D eigenvalue weighted by molar-refractivity contribution is -0.164. The van der Waals surface area contributed by atoms with E-state index in [0.29, 0.717) is 6.42 Å². The molecule has 0 heterocycles. The van der Waals surface area contributed by atoms with Gasteiger partial charge in [-0.1, -0.05) is 4.57 Å². The third kappa shape index (κ3) is 8.02. The molecule has 54 valence electrons. The van der Waals surface area contributed by atoms with Crippen LogP contribution in [0.5, 0.6) is 0 Å². The molecule has 0 fully saturated rings. The number of hydrogen-bond donors (Lipinski definition) is 1. The molecule has 0 saturated heterocycles. The number of rotatable bonds is 4. The van der Waals surface area contributed by atoms with Gasteiger partial charge < -0.3 is 10.6 Å². The summed E-state index contributed by atoms with van der Waals surface area (Å²) >= 11 is 0. The Kier molecular flexibility index (Phi) is 4.87. The van der Waals surface area contributed by atoms with Gasteiger partial charge in [-0.3, -0.25) is 0 Å². The third-order valence-electron chi connectivity index (χ3n) is 1.00. The van der Waals surface area contributed by atoms with Crippen LogP contribution in [-0.4, -0.2) is 12.2 Å². The number of hydrogen-bond acceptors (Lipinski definition) is 3. The highest BCUT2D eigenvalue weighted by Crippen LogP contribution is 2.10. The maximum Gasteiger partial charge on any atom is 0.308 e. The van der Waals surface area contributed by atoms with E-state index in [2.05, 4.69) is 0 Å². The van der Waals surface area contributed by atoms with Crippen molar-refractivity contribution in [2.75, 3.05) is 6.16 Å². The fourth-order valence-corrected chi connectivity index (χ4v) is 0.983. The first-order valence-electron chi connectivity index (χ1n) is 3.00. The Morgan fingerprint density at radius 1 is 1.78 bits per heavy atom. The van der Waals surface area contributed by atoms with Crippen LogP contribution in [0.4, 0.5) is 0 Å². The zero-order valence-electron chi connectivity index (χ0n) is 5.54. The molecular formula is C5H12NO2P. The molecule has 9 heavy (non-hydrogen) atoms. The van der Waals surface area contributed by atoms with Gasteiger partial charge in [-0.2, -0.15) is 0 Å². The standard InChI is InChI=1S/C5H12NO2P/c1-5(6)3-2-4-9(7)8/h5H,2-4,6H2,1H3/t5-/m1/s1. The molecule has 0 rings (SSSR count). The van der Waals surface area contributed by atoms with Crippen molar-refractivity contribution in [3.05, 3.63) is 0 Å². The van der Waals surface area contributed by atoms with Crippen LogP contribution in [0.25, 0.3) is 0 Å². The highest BCUT2D eigenvalue weighted by atomic mass is 31.1. The Bertz CT molecular complexity index is 95.0. The highest BCUT2D eigenvalue weighted by Gasteiger charge is 2.00. The summed E-state index contributed by atoms with van der Waals surface area (Å²) < 4.78 is 9.98. The molecule has 0 radical (unpaired) electrons. The van der Waals surface area contributed by atoms with E-state index in [-0.39, 0.29) is 12.2 Å². The van der Waals surface area contributed by atoms with E-state index >= 15 is 0 Å². The van der Waals surface area contributed by atoms with Crippen molar-refractivity contribution in [2.45, 2.75) is 25.8 Å². The fraction of sp³-hybridized carbons (Fsp3) is 1.00. The molecule has 0 bridgehead atoms. The largest absolute Gasteiger partial charge is 0.596 e. The van der Waals surface area contributed by atoms with Crippen LogP contribution in [0, 0.1) is 0 Å². The summed E-state index contributed by atoms with van der Waals surface area (Å²) in [6.45, 7) is 1.87. The third-order valence-corrected chi connectivity index (χ3v) is 1.68. The average molecular weight is 149 g/mol. The van der Waals surface area contributed by atoms with E-state index in [1.165, 1.54) is 0 Å². The molecule has 0 amide bonds. The van der Waals surface area contributed by atoms with Gasteiger partial charge in [0.1, 0.15) is 6.16 Å². The molecule has 0 aliphatic heterocycles. The Morgan fingerprint density at radius 3 is 2.67 bits per heavy atom. The number of nitrogens with two attached hydrogens (primary N) is 1. The summed E-state index contributed by atoms with van der Waals surface area (Å²) in [4.78, 5) is 9.98. The monoisotopic (exact) mass is 149 g/mol. The van der Waals surface area contributed by atoms with Gasteiger partial charge >= 0.3 is 8.03 Å². The van der Waals surface area contributed by atoms with Crippen molar-refractivity contribution < 1.29 is 9.46 Å².